The number of amides is 1. The first kappa shape index (κ1) is 22.0. The monoisotopic (exact) mass is 353 g/mol. The molecule has 2 rings (SSSR count). The SMILES string of the molecule is Cl.Cl.O=C(NCCCCCN1CCCCC1)C1CCCNC1. The van der Waals surface area contributed by atoms with Gasteiger partial charge >= 0.3 is 0 Å². The number of hydrogen-bond donors (Lipinski definition) is 2. The lowest BCUT2D eigenvalue weighted by Gasteiger charge is -2.26. The zero-order valence-electron chi connectivity index (χ0n) is 13.6. The Kier molecular flexibility index (Phi) is 13.4. The molecule has 1 unspecified atom stereocenters. The zero-order valence-corrected chi connectivity index (χ0v) is 15.3. The molecule has 0 aromatic rings. The number of unbranched alkanes of at least 4 members (excludes halogenated alkanes) is 2. The molecule has 0 aromatic carbocycles. The first-order valence-corrected chi connectivity index (χ1v) is 8.57. The molecule has 0 radical (unpaired) electrons. The minimum atomic E-state index is 0. The van der Waals surface area contributed by atoms with Crippen molar-refractivity contribution in [2.45, 2.75) is 51.4 Å². The standard InChI is InChI=1S/C16H31N3O.2ClH/c20-16(15-8-7-9-17-14-15)18-10-3-1-4-11-19-12-5-2-6-13-19;;/h15,17H,1-14H2,(H,18,20);2*1H. The molecule has 0 bridgehead atoms. The number of rotatable bonds is 7. The molecular formula is C16H33Cl2N3O. The van der Waals surface area contributed by atoms with Crippen LogP contribution in [0, 0.1) is 5.92 Å². The van der Waals surface area contributed by atoms with Crippen LogP contribution in [0.15, 0.2) is 0 Å². The van der Waals surface area contributed by atoms with Gasteiger partial charge in [-0.15, -0.1) is 24.8 Å². The second-order valence-corrected chi connectivity index (χ2v) is 6.30. The largest absolute Gasteiger partial charge is 0.356 e. The average Bonchev–Trinajstić information content (AvgIpc) is 2.52. The summed E-state index contributed by atoms with van der Waals surface area (Å²) < 4.78 is 0. The molecule has 2 N–H and O–H groups in total. The highest BCUT2D eigenvalue weighted by Crippen LogP contribution is 2.11. The zero-order chi connectivity index (χ0) is 14.0. The highest BCUT2D eigenvalue weighted by atomic mass is 35.5. The number of hydrogen-bond acceptors (Lipinski definition) is 3. The molecule has 0 saturated carbocycles. The quantitative estimate of drug-likeness (QED) is 0.691. The van der Waals surface area contributed by atoms with Crippen LogP contribution in [-0.2, 0) is 4.79 Å². The maximum atomic E-state index is 11.9. The van der Waals surface area contributed by atoms with E-state index in [9.17, 15) is 4.79 Å². The summed E-state index contributed by atoms with van der Waals surface area (Å²) in [7, 11) is 0. The van der Waals surface area contributed by atoms with Crippen LogP contribution in [-0.4, -0.2) is 50.1 Å². The number of carbonyl (C=O) groups is 1. The molecule has 1 amide bonds. The smallest absolute Gasteiger partial charge is 0.224 e. The Morgan fingerprint density at radius 2 is 1.82 bits per heavy atom. The molecule has 2 aliphatic heterocycles. The molecular weight excluding hydrogens is 321 g/mol. The molecule has 2 heterocycles. The first-order valence-electron chi connectivity index (χ1n) is 8.57. The summed E-state index contributed by atoms with van der Waals surface area (Å²) in [6.07, 6.45) is 10.00. The summed E-state index contributed by atoms with van der Waals surface area (Å²) in [6, 6.07) is 0. The van der Waals surface area contributed by atoms with Crippen molar-refractivity contribution in [3.05, 3.63) is 0 Å². The second kappa shape index (κ2) is 13.4. The molecule has 0 aromatic heterocycles. The molecule has 2 fully saturated rings. The number of nitrogens with zero attached hydrogens (tertiary/aromatic N) is 1. The summed E-state index contributed by atoms with van der Waals surface area (Å²) in [5, 5.41) is 6.39. The number of piperidine rings is 2. The van der Waals surface area contributed by atoms with Crippen molar-refractivity contribution in [3.63, 3.8) is 0 Å². The predicted octanol–water partition coefficient (Wildman–Crippen LogP) is 2.60. The van der Waals surface area contributed by atoms with Gasteiger partial charge < -0.3 is 15.5 Å². The Balaban J connectivity index is 0.00000220. The number of likely N-dealkylation sites (tertiary alicyclic amines) is 1. The van der Waals surface area contributed by atoms with Crippen LogP contribution in [0.1, 0.15) is 51.4 Å². The van der Waals surface area contributed by atoms with E-state index in [0.29, 0.717) is 0 Å². The van der Waals surface area contributed by atoms with Crippen molar-refractivity contribution in [1.29, 1.82) is 0 Å². The van der Waals surface area contributed by atoms with E-state index in [1.807, 2.05) is 0 Å². The molecule has 2 aliphatic rings. The lowest BCUT2D eigenvalue weighted by atomic mass is 9.99. The van der Waals surface area contributed by atoms with Crippen LogP contribution in [0.2, 0.25) is 0 Å². The van der Waals surface area contributed by atoms with Crippen LogP contribution in [0.5, 0.6) is 0 Å². The number of nitrogens with one attached hydrogen (secondary N) is 2. The summed E-state index contributed by atoms with van der Waals surface area (Å²) in [5.74, 6) is 0.463. The van der Waals surface area contributed by atoms with Gasteiger partial charge in [-0.05, 0) is 64.7 Å². The first-order chi connectivity index (χ1) is 9.86. The van der Waals surface area contributed by atoms with E-state index in [2.05, 4.69) is 15.5 Å². The van der Waals surface area contributed by atoms with Gasteiger partial charge in [0.25, 0.3) is 0 Å². The fraction of sp³-hybridized carbons (Fsp3) is 0.938. The third-order valence-electron chi connectivity index (χ3n) is 4.57. The van der Waals surface area contributed by atoms with Crippen LogP contribution < -0.4 is 10.6 Å². The van der Waals surface area contributed by atoms with Crippen LogP contribution in [0.25, 0.3) is 0 Å². The van der Waals surface area contributed by atoms with Gasteiger partial charge in [0.1, 0.15) is 0 Å². The number of carbonyl (C=O) groups excluding carboxylic acids is 1. The van der Waals surface area contributed by atoms with Gasteiger partial charge in [-0.25, -0.2) is 0 Å². The average molecular weight is 354 g/mol. The van der Waals surface area contributed by atoms with E-state index in [-0.39, 0.29) is 36.6 Å². The predicted molar refractivity (Wildman–Crippen MR) is 97.2 cm³/mol. The highest BCUT2D eigenvalue weighted by molar-refractivity contribution is 5.85. The Bertz CT molecular complexity index is 281. The van der Waals surface area contributed by atoms with Crippen molar-refractivity contribution in [2.75, 3.05) is 39.3 Å². The van der Waals surface area contributed by atoms with Gasteiger partial charge in [-0.1, -0.05) is 12.8 Å². The Hall–Kier alpha value is -0.0300. The van der Waals surface area contributed by atoms with Crippen molar-refractivity contribution in [2.24, 2.45) is 5.92 Å². The fourth-order valence-electron chi connectivity index (χ4n) is 3.25. The van der Waals surface area contributed by atoms with Crippen molar-refractivity contribution in [3.8, 4) is 0 Å². The van der Waals surface area contributed by atoms with E-state index in [1.165, 1.54) is 51.7 Å². The van der Waals surface area contributed by atoms with Crippen molar-refractivity contribution < 1.29 is 4.79 Å². The number of halogens is 2. The van der Waals surface area contributed by atoms with Gasteiger partial charge in [0.15, 0.2) is 0 Å². The fourth-order valence-corrected chi connectivity index (χ4v) is 3.25. The van der Waals surface area contributed by atoms with Crippen LogP contribution in [0.3, 0.4) is 0 Å². The van der Waals surface area contributed by atoms with E-state index in [4.69, 9.17) is 0 Å². The van der Waals surface area contributed by atoms with Crippen molar-refractivity contribution in [1.82, 2.24) is 15.5 Å². The molecule has 1 atom stereocenters. The van der Waals surface area contributed by atoms with E-state index >= 15 is 0 Å². The Morgan fingerprint density at radius 1 is 1.05 bits per heavy atom. The highest BCUT2D eigenvalue weighted by Gasteiger charge is 2.19. The van der Waals surface area contributed by atoms with E-state index in [1.54, 1.807) is 0 Å². The third-order valence-corrected chi connectivity index (χ3v) is 4.57. The molecule has 0 aliphatic carbocycles. The maximum Gasteiger partial charge on any atom is 0.224 e. The van der Waals surface area contributed by atoms with Crippen LogP contribution >= 0.6 is 24.8 Å². The minimum absolute atomic E-state index is 0. The van der Waals surface area contributed by atoms with E-state index in [0.717, 1.165) is 38.9 Å². The molecule has 2 saturated heterocycles. The van der Waals surface area contributed by atoms with Gasteiger partial charge in [-0.3, -0.25) is 4.79 Å². The lowest BCUT2D eigenvalue weighted by Crippen LogP contribution is -2.40. The van der Waals surface area contributed by atoms with E-state index < -0.39 is 0 Å². The maximum absolute atomic E-state index is 11.9. The molecule has 6 heteroatoms. The topological polar surface area (TPSA) is 44.4 Å². The molecule has 4 nitrogen and oxygen atoms in total. The van der Waals surface area contributed by atoms with Gasteiger partial charge in [0.05, 0.1) is 5.92 Å². The summed E-state index contributed by atoms with van der Waals surface area (Å²) >= 11 is 0. The van der Waals surface area contributed by atoms with Crippen LogP contribution in [0.4, 0.5) is 0 Å². The lowest BCUT2D eigenvalue weighted by molar-refractivity contribution is -0.125. The summed E-state index contributed by atoms with van der Waals surface area (Å²) in [4.78, 5) is 14.5. The Morgan fingerprint density at radius 3 is 2.50 bits per heavy atom. The molecule has 22 heavy (non-hydrogen) atoms. The summed E-state index contributed by atoms with van der Waals surface area (Å²) in [5.41, 5.74) is 0. The van der Waals surface area contributed by atoms with Gasteiger partial charge in [0, 0.05) is 13.1 Å². The summed E-state index contributed by atoms with van der Waals surface area (Å²) in [6.45, 7) is 6.63. The van der Waals surface area contributed by atoms with Crippen molar-refractivity contribution >= 4 is 30.7 Å². The Labute approximate surface area is 148 Å². The van der Waals surface area contributed by atoms with Gasteiger partial charge in [0.2, 0.25) is 5.91 Å². The minimum Gasteiger partial charge on any atom is -0.356 e. The van der Waals surface area contributed by atoms with Gasteiger partial charge in [-0.2, -0.15) is 0 Å². The second-order valence-electron chi connectivity index (χ2n) is 6.30. The molecule has 0 spiro atoms. The molecule has 132 valence electrons. The third kappa shape index (κ3) is 8.56. The normalized spacial score (nSPS) is 22.3.